The second-order valence-electron chi connectivity index (χ2n) is 5.03. The summed E-state index contributed by atoms with van der Waals surface area (Å²) >= 11 is 0. The highest BCUT2D eigenvalue weighted by atomic mass is 16.5. The van der Waals surface area contributed by atoms with E-state index in [0.717, 1.165) is 6.54 Å². The van der Waals surface area contributed by atoms with Gasteiger partial charge in [0.05, 0.1) is 12.4 Å². The van der Waals surface area contributed by atoms with Crippen molar-refractivity contribution in [2.75, 3.05) is 0 Å². The predicted octanol–water partition coefficient (Wildman–Crippen LogP) is 1.58. The lowest BCUT2D eigenvalue weighted by atomic mass is 10.1. The van der Waals surface area contributed by atoms with Gasteiger partial charge in [-0.1, -0.05) is 0 Å². The molecule has 0 bridgehead atoms. The fraction of sp³-hybridized carbons (Fsp3) is 0.667. The molecule has 0 spiro atoms. The average molecular weight is 239 g/mol. The van der Waals surface area contributed by atoms with Gasteiger partial charge in [0.2, 0.25) is 0 Å². The highest BCUT2D eigenvalue weighted by Crippen LogP contribution is 2.11. The second-order valence-corrected chi connectivity index (χ2v) is 5.03. The second kappa shape index (κ2) is 5.21. The summed E-state index contributed by atoms with van der Waals surface area (Å²) < 4.78 is 7.26. The molecule has 0 aliphatic heterocycles. The van der Waals surface area contributed by atoms with E-state index in [9.17, 15) is 4.79 Å². The summed E-state index contributed by atoms with van der Waals surface area (Å²) in [6.07, 6.45) is 2.87. The van der Waals surface area contributed by atoms with Crippen LogP contribution in [0.3, 0.4) is 0 Å². The quantitative estimate of drug-likeness (QED) is 0.868. The number of carbonyl (C=O) groups excluding carboxylic acids is 1. The fourth-order valence-electron chi connectivity index (χ4n) is 1.31. The maximum absolute atomic E-state index is 11.8. The molecular formula is C12H21N3O2. The van der Waals surface area contributed by atoms with Gasteiger partial charge in [0, 0.05) is 12.1 Å². The molecule has 0 aromatic carbocycles. The number of carbonyl (C=O) groups is 1. The molecule has 1 unspecified atom stereocenters. The maximum atomic E-state index is 11.8. The molecule has 1 aromatic heterocycles. The normalized spacial score (nSPS) is 13.2. The summed E-state index contributed by atoms with van der Waals surface area (Å²) in [5, 5.41) is 6.95. The van der Waals surface area contributed by atoms with Crippen LogP contribution in [0.5, 0.6) is 5.75 Å². The first-order chi connectivity index (χ1) is 7.81. The van der Waals surface area contributed by atoms with Crippen LogP contribution in [-0.2, 0) is 11.3 Å². The van der Waals surface area contributed by atoms with Crippen LogP contribution in [0, 0.1) is 0 Å². The van der Waals surface area contributed by atoms with Crippen LogP contribution in [-0.4, -0.2) is 27.3 Å². The van der Waals surface area contributed by atoms with Crippen LogP contribution < -0.4 is 10.1 Å². The van der Waals surface area contributed by atoms with E-state index in [1.807, 2.05) is 27.7 Å². The number of hydrogen-bond donors (Lipinski definition) is 1. The molecule has 0 fully saturated rings. The van der Waals surface area contributed by atoms with E-state index >= 15 is 0 Å². The molecule has 1 atom stereocenters. The number of nitrogens with zero attached hydrogens (tertiary/aromatic N) is 2. The van der Waals surface area contributed by atoms with Gasteiger partial charge in [-0.15, -0.1) is 0 Å². The SMILES string of the molecule is CCn1cc(OC(C)C(=O)NC(C)(C)C)cn1. The number of rotatable bonds is 4. The molecule has 1 rings (SSSR count). The van der Waals surface area contributed by atoms with Crippen molar-refractivity contribution in [3.8, 4) is 5.75 Å². The van der Waals surface area contributed by atoms with Gasteiger partial charge in [0.15, 0.2) is 11.9 Å². The van der Waals surface area contributed by atoms with Gasteiger partial charge in [-0.3, -0.25) is 9.48 Å². The van der Waals surface area contributed by atoms with Crippen LogP contribution in [0.25, 0.3) is 0 Å². The lowest BCUT2D eigenvalue weighted by molar-refractivity contribution is -0.128. The first-order valence-corrected chi connectivity index (χ1v) is 5.83. The van der Waals surface area contributed by atoms with Crippen molar-refractivity contribution in [1.82, 2.24) is 15.1 Å². The predicted molar refractivity (Wildman–Crippen MR) is 65.9 cm³/mol. The third kappa shape index (κ3) is 4.46. The highest BCUT2D eigenvalue weighted by Gasteiger charge is 2.20. The summed E-state index contributed by atoms with van der Waals surface area (Å²) in [6, 6.07) is 0. The standard InChI is InChI=1S/C12H21N3O2/c1-6-15-8-10(7-13-15)17-9(2)11(16)14-12(3,4)5/h7-9H,6H2,1-5H3,(H,14,16). The van der Waals surface area contributed by atoms with E-state index in [4.69, 9.17) is 4.74 Å². The Bertz CT molecular complexity index is 379. The number of hydrogen-bond acceptors (Lipinski definition) is 3. The number of amides is 1. The van der Waals surface area contributed by atoms with Crippen molar-refractivity contribution in [2.45, 2.75) is 52.8 Å². The number of nitrogens with one attached hydrogen (secondary N) is 1. The van der Waals surface area contributed by atoms with E-state index in [1.165, 1.54) is 0 Å². The minimum atomic E-state index is -0.524. The van der Waals surface area contributed by atoms with E-state index in [-0.39, 0.29) is 11.4 Å². The Balaban J connectivity index is 2.54. The summed E-state index contributed by atoms with van der Waals surface area (Å²) in [5.74, 6) is 0.491. The van der Waals surface area contributed by atoms with Gasteiger partial charge in [-0.05, 0) is 34.6 Å². The Morgan fingerprint density at radius 1 is 1.59 bits per heavy atom. The summed E-state index contributed by atoms with van der Waals surface area (Å²) in [5.41, 5.74) is -0.248. The number of aryl methyl sites for hydroxylation is 1. The number of aromatic nitrogens is 2. The molecule has 5 nitrogen and oxygen atoms in total. The number of ether oxygens (including phenoxy) is 1. The van der Waals surface area contributed by atoms with E-state index < -0.39 is 6.10 Å². The molecular weight excluding hydrogens is 218 g/mol. The Labute approximate surface area is 102 Å². The Morgan fingerprint density at radius 3 is 2.71 bits per heavy atom. The van der Waals surface area contributed by atoms with Crippen LogP contribution in [0.15, 0.2) is 12.4 Å². The van der Waals surface area contributed by atoms with Crippen LogP contribution in [0.2, 0.25) is 0 Å². The zero-order valence-corrected chi connectivity index (χ0v) is 11.2. The smallest absolute Gasteiger partial charge is 0.261 e. The zero-order valence-electron chi connectivity index (χ0n) is 11.2. The molecule has 17 heavy (non-hydrogen) atoms. The molecule has 0 saturated heterocycles. The first-order valence-electron chi connectivity index (χ1n) is 5.83. The van der Waals surface area contributed by atoms with Crippen molar-refractivity contribution < 1.29 is 9.53 Å². The Hall–Kier alpha value is -1.52. The molecule has 0 aliphatic carbocycles. The molecule has 5 heteroatoms. The summed E-state index contributed by atoms with van der Waals surface area (Å²) in [6.45, 7) is 10.3. The van der Waals surface area contributed by atoms with Crippen molar-refractivity contribution >= 4 is 5.91 Å². The largest absolute Gasteiger partial charge is 0.478 e. The molecule has 0 radical (unpaired) electrons. The lowest BCUT2D eigenvalue weighted by Gasteiger charge is -2.23. The van der Waals surface area contributed by atoms with Crippen LogP contribution in [0.4, 0.5) is 0 Å². The molecule has 1 heterocycles. The van der Waals surface area contributed by atoms with E-state index in [1.54, 1.807) is 24.0 Å². The lowest BCUT2D eigenvalue weighted by Crippen LogP contribution is -2.46. The maximum Gasteiger partial charge on any atom is 0.261 e. The Morgan fingerprint density at radius 2 is 2.24 bits per heavy atom. The van der Waals surface area contributed by atoms with Crippen molar-refractivity contribution in [2.24, 2.45) is 0 Å². The van der Waals surface area contributed by atoms with E-state index in [0.29, 0.717) is 5.75 Å². The fourth-order valence-corrected chi connectivity index (χ4v) is 1.31. The van der Waals surface area contributed by atoms with Gasteiger partial charge in [0.1, 0.15) is 0 Å². The van der Waals surface area contributed by atoms with Crippen molar-refractivity contribution in [1.29, 1.82) is 0 Å². The topological polar surface area (TPSA) is 56.1 Å². The van der Waals surface area contributed by atoms with E-state index in [2.05, 4.69) is 10.4 Å². The van der Waals surface area contributed by atoms with Gasteiger partial charge in [0.25, 0.3) is 5.91 Å². The van der Waals surface area contributed by atoms with Gasteiger partial charge in [-0.25, -0.2) is 0 Å². The van der Waals surface area contributed by atoms with Crippen molar-refractivity contribution in [3.63, 3.8) is 0 Å². The minimum absolute atomic E-state index is 0.123. The van der Waals surface area contributed by atoms with Gasteiger partial charge in [-0.2, -0.15) is 5.10 Å². The van der Waals surface area contributed by atoms with Gasteiger partial charge >= 0.3 is 0 Å². The third-order valence-corrected chi connectivity index (χ3v) is 2.11. The molecule has 1 N–H and O–H groups in total. The molecule has 1 aromatic rings. The third-order valence-electron chi connectivity index (χ3n) is 2.11. The minimum Gasteiger partial charge on any atom is -0.478 e. The molecule has 1 amide bonds. The zero-order chi connectivity index (χ0) is 13.1. The Kier molecular flexibility index (Phi) is 4.15. The molecule has 0 aliphatic rings. The monoisotopic (exact) mass is 239 g/mol. The summed E-state index contributed by atoms with van der Waals surface area (Å²) in [4.78, 5) is 11.8. The highest BCUT2D eigenvalue weighted by molar-refractivity contribution is 5.81. The van der Waals surface area contributed by atoms with Crippen LogP contribution >= 0.6 is 0 Å². The average Bonchev–Trinajstić information content (AvgIpc) is 2.62. The summed E-state index contributed by atoms with van der Waals surface area (Å²) in [7, 11) is 0. The van der Waals surface area contributed by atoms with Gasteiger partial charge < -0.3 is 10.1 Å². The first kappa shape index (κ1) is 13.5. The van der Waals surface area contributed by atoms with Crippen LogP contribution in [0.1, 0.15) is 34.6 Å². The molecule has 0 saturated carbocycles. The molecule has 96 valence electrons. The van der Waals surface area contributed by atoms with Crippen molar-refractivity contribution in [3.05, 3.63) is 12.4 Å².